The van der Waals surface area contributed by atoms with E-state index < -0.39 is 11.8 Å². The summed E-state index contributed by atoms with van der Waals surface area (Å²) in [6, 6.07) is 13.2. The minimum absolute atomic E-state index is 0.175. The molecule has 0 N–H and O–H groups in total. The highest BCUT2D eigenvalue weighted by Crippen LogP contribution is 2.27. The number of amides is 2. The molecular weight excluding hydrogens is 380 g/mol. The van der Waals surface area contributed by atoms with Gasteiger partial charge >= 0.3 is 0 Å². The molecule has 0 bridgehead atoms. The van der Waals surface area contributed by atoms with E-state index in [9.17, 15) is 19.2 Å². The normalized spacial score (nSPS) is 19.1. The molecule has 6 nitrogen and oxygen atoms in total. The predicted molar refractivity (Wildman–Crippen MR) is 115 cm³/mol. The average molecular weight is 402 g/mol. The maximum absolute atomic E-state index is 12.3. The maximum Gasteiger partial charge on any atom is 0.277 e. The van der Waals surface area contributed by atoms with Crippen LogP contribution in [0.5, 0.6) is 0 Å². The molecule has 1 aliphatic rings. The Morgan fingerprint density at radius 2 is 1.03 bits per heavy atom. The van der Waals surface area contributed by atoms with Gasteiger partial charge < -0.3 is 0 Å². The minimum atomic E-state index is -0.416. The molecule has 6 heteroatoms. The molecule has 1 saturated carbocycles. The number of carbonyl (C=O) groups is 4. The van der Waals surface area contributed by atoms with Crippen molar-refractivity contribution >= 4 is 36.8 Å². The second kappa shape index (κ2) is 10.3. The minimum Gasteiger partial charge on any atom is -0.298 e. The van der Waals surface area contributed by atoms with E-state index in [1.165, 1.54) is 0 Å². The van der Waals surface area contributed by atoms with E-state index in [-0.39, 0.29) is 11.8 Å². The second-order valence-corrected chi connectivity index (χ2v) is 7.25. The molecule has 0 aromatic heterocycles. The van der Waals surface area contributed by atoms with E-state index in [0.29, 0.717) is 34.8 Å². The summed E-state index contributed by atoms with van der Waals surface area (Å²) >= 11 is 0. The molecule has 30 heavy (non-hydrogen) atoms. The van der Waals surface area contributed by atoms with Crippen molar-refractivity contribution in [1.29, 1.82) is 0 Å². The van der Waals surface area contributed by atoms with Crippen LogP contribution in [0.1, 0.15) is 67.1 Å². The quantitative estimate of drug-likeness (QED) is 0.533. The summed E-state index contributed by atoms with van der Waals surface area (Å²) in [5.74, 6) is -0.483. The Morgan fingerprint density at radius 1 is 0.667 bits per heavy atom. The molecule has 0 spiro atoms. The number of carbonyl (C=O) groups excluding carboxylic acids is 4. The second-order valence-electron chi connectivity index (χ2n) is 7.25. The van der Waals surface area contributed by atoms with Crippen molar-refractivity contribution in [2.75, 3.05) is 0 Å². The Morgan fingerprint density at radius 3 is 1.40 bits per heavy atom. The molecule has 1 aliphatic carbocycles. The zero-order valence-corrected chi connectivity index (χ0v) is 16.4. The summed E-state index contributed by atoms with van der Waals surface area (Å²) < 4.78 is 0. The van der Waals surface area contributed by atoms with Crippen LogP contribution in [0.3, 0.4) is 0 Å². The molecule has 1 fully saturated rings. The summed E-state index contributed by atoms with van der Waals surface area (Å²) in [6.07, 6.45) is 7.99. The van der Waals surface area contributed by atoms with Gasteiger partial charge in [-0.3, -0.25) is 19.2 Å². The van der Waals surface area contributed by atoms with Gasteiger partial charge in [0.1, 0.15) is 0 Å². The Balaban J connectivity index is 1.53. The van der Waals surface area contributed by atoms with Gasteiger partial charge in [0, 0.05) is 23.6 Å². The Bertz CT molecular complexity index is 920. The van der Waals surface area contributed by atoms with Gasteiger partial charge in [0.2, 0.25) is 0 Å². The van der Waals surface area contributed by atoms with E-state index in [2.05, 4.69) is 9.98 Å². The first-order valence-corrected chi connectivity index (χ1v) is 9.87. The third-order valence-electron chi connectivity index (χ3n) is 5.26. The lowest BCUT2D eigenvalue weighted by atomic mass is 9.83. The van der Waals surface area contributed by atoms with Crippen molar-refractivity contribution in [3.8, 4) is 0 Å². The Labute approximate surface area is 174 Å². The smallest absolute Gasteiger partial charge is 0.277 e. The van der Waals surface area contributed by atoms with Crippen molar-refractivity contribution < 1.29 is 19.2 Å². The summed E-state index contributed by atoms with van der Waals surface area (Å²) in [6.45, 7) is 0. The summed E-state index contributed by atoms with van der Waals surface area (Å²) in [7, 11) is 0. The zero-order valence-electron chi connectivity index (χ0n) is 16.4. The lowest BCUT2D eigenvalue weighted by Crippen LogP contribution is -2.17. The van der Waals surface area contributed by atoms with Crippen molar-refractivity contribution in [3.63, 3.8) is 0 Å². The van der Waals surface area contributed by atoms with E-state index in [4.69, 9.17) is 0 Å². The molecule has 3 rings (SSSR count). The Hall–Kier alpha value is -3.54. The van der Waals surface area contributed by atoms with Crippen LogP contribution in [-0.2, 0) is 0 Å². The SMILES string of the molecule is O=Cc1ccccc1C(=O)N=C[C@H]1CC[C@H](C=NC(=O)c2ccccc2C=O)CC1. The first kappa shape index (κ1) is 21.2. The molecule has 2 aromatic rings. The van der Waals surface area contributed by atoms with E-state index in [0.717, 1.165) is 25.7 Å². The number of aliphatic imine (C=N–C) groups is 2. The third kappa shape index (κ3) is 5.29. The fourth-order valence-corrected chi connectivity index (χ4v) is 3.52. The van der Waals surface area contributed by atoms with E-state index in [1.54, 1.807) is 61.0 Å². The number of hydrogen-bond donors (Lipinski definition) is 0. The number of aldehydes is 2. The van der Waals surface area contributed by atoms with Crippen LogP contribution in [0.15, 0.2) is 58.5 Å². The lowest BCUT2D eigenvalue weighted by molar-refractivity contribution is 0.0990. The van der Waals surface area contributed by atoms with Crippen LogP contribution in [0, 0.1) is 11.8 Å². The standard InChI is InChI=1S/C24H22N2O4/c27-15-19-5-1-3-7-21(19)23(29)25-13-17-9-11-18(12-10-17)14-26-24(30)22-8-4-2-6-20(22)16-28/h1-8,13-18H,9-12H2/t17-,18-. The van der Waals surface area contributed by atoms with Gasteiger partial charge in [0.15, 0.2) is 12.6 Å². The molecule has 0 heterocycles. The van der Waals surface area contributed by atoms with Crippen LogP contribution >= 0.6 is 0 Å². The summed E-state index contributed by atoms with van der Waals surface area (Å²) in [4.78, 5) is 54.7. The largest absolute Gasteiger partial charge is 0.298 e. The van der Waals surface area contributed by atoms with Gasteiger partial charge in [0.05, 0.1) is 11.1 Å². The van der Waals surface area contributed by atoms with Crippen LogP contribution in [0.4, 0.5) is 0 Å². The van der Waals surface area contributed by atoms with Crippen molar-refractivity contribution in [2.24, 2.45) is 21.8 Å². The first-order chi connectivity index (χ1) is 14.6. The molecule has 0 unspecified atom stereocenters. The van der Waals surface area contributed by atoms with E-state index >= 15 is 0 Å². The van der Waals surface area contributed by atoms with Gasteiger partial charge in [-0.1, -0.05) is 36.4 Å². The Kier molecular flexibility index (Phi) is 7.27. The molecule has 0 saturated heterocycles. The fourth-order valence-electron chi connectivity index (χ4n) is 3.52. The predicted octanol–water partition coefficient (Wildman–Crippen LogP) is 4.24. The molecule has 2 aromatic carbocycles. The molecule has 2 amide bonds. The molecule has 0 radical (unpaired) electrons. The topological polar surface area (TPSA) is 93.0 Å². The third-order valence-corrected chi connectivity index (χ3v) is 5.26. The first-order valence-electron chi connectivity index (χ1n) is 9.87. The highest BCUT2D eigenvalue weighted by Gasteiger charge is 2.20. The van der Waals surface area contributed by atoms with Gasteiger partial charge in [-0.15, -0.1) is 0 Å². The summed E-state index contributed by atoms with van der Waals surface area (Å²) in [5.41, 5.74) is 1.28. The number of benzene rings is 2. The van der Waals surface area contributed by atoms with Crippen LogP contribution in [0.2, 0.25) is 0 Å². The lowest BCUT2D eigenvalue weighted by Gasteiger charge is -2.23. The van der Waals surface area contributed by atoms with E-state index in [1.807, 2.05) is 0 Å². The fraction of sp³-hybridized carbons (Fsp3) is 0.250. The van der Waals surface area contributed by atoms with Gasteiger partial charge in [0.25, 0.3) is 11.8 Å². The number of hydrogen-bond acceptors (Lipinski definition) is 4. The molecule has 0 atom stereocenters. The molecule has 152 valence electrons. The van der Waals surface area contributed by atoms with Crippen molar-refractivity contribution in [2.45, 2.75) is 25.7 Å². The zero-order chi connectivity index (χ0) is 21.3. The number of rotatable bonds is 6. The molecule has 0 aliphatic heterocycles. The van der Waals surface area contributed by atoms with Crippen LogP contribution in [0.25, 0.3) is 0 Å². The number of nitrogens with zero attached hydrogens (tertiary/aromatic N) is 2. The average Bonchev–Trinajstić information content (AvgIpc) is 2.81. The highest BCUT2D eigenvalue weighted by molar-refractivity contribution is 6.05. The monoisotopic (exact) mass is 402 g/mol. The highest BCUT2D eigenvalue weighted by atomic mass is 16.2. The van der Waals surface area contributed by atoms with Gasteiger partial charge in [-0.05, 0) is 49.7 Å². The van der Waals surface area contributed by atoms with Crippen molar-refractivity contribution in [3.05, 3.63) is 70.8 Å². The van der Waals surface area contributed by atoms with Crippen molar-refractivity contribution in [1.82, 2.24) is 0 Å². The van der Waals surface area contributed by atoms with Crippen LogP contribution < -0.4 is 0 Å². The summed E-state index contributed by atoms with van der Waals surface area (Å²) in [5, 5.41) is 0. The molecular formula is C24H22N2O4. The maximum atomic E-state index is 12.3. The van der Waals surface area contributed by atoms with Gasteiger partial charge in [-0.2, -0.15) is 0 Å². The van der Waals surface area contributed by atoms with Gasteiger partial charge in [-0.25, -0.2) is 9.98 Å². The van der Waals surface area contributed by atoms with Crippen LogP contribution in [-0.4, -0.2) is 36.8 Å².